The molecular weight excluding hydrogens is 360 g/mol. The average Bonchev–Trinajstić information content (AvgIpc) is 2.94. The summed E-state index contributed by atoms with van der Waals surface area (Å²) in [4.78, 5) is 0. The predicted molar refractivity (Wildman–Crippen MR) is 139 cm³/mol. The molecule has 0 amide bonds. The number of nitrogens with two attached hydrogens (primary N) is 1. The summed E-state index contributed by atoms with van der Waals surface area (Å²) < 4.78 is 0. The largest absolute Gasteiger partial charge is 0.362 e. The van der Waals surface area contributed by atoms with Crippen LogP contribution >= 0.6 is 0 Å². The van der Waals surface area contributed by atoms with Gasteiger partial charge in [0.1, 0.15) is 0 Å². The molecule has 3 heteroatoms. The van der Waals surface area contributed by atoms with Gasteiger partial charge in [-0.25, -0.2) is 0 Å². The lowest BCUT2D eigenvalue weighted by molar-refractivity contribution is 1.57. The van der Waals surface area contributed by atoms with Crippen molar-refractivity contribution in [3.05, 3.63) is 106 Å². The molecule has 3 rings (SSSR count). The van der Waals surface area contributed by atoms with Gasteiger partial charge in [-0.3, -0.25) is 0 Å². The Hall–Kier alpha value is -2.77. The number of fused-ring (bicyclic) bond motifs is 2. The van der Waals surface area contributed by atoms with Crippen molar-refractivity contribution >= 4 is 36.6 Å². The highest BCUT2D eigenvalue weighted by atomic mass is 14.4. The zero-order chi connectivity index (χ0) is 21.7. The molecule has 0 spiro atoms. The van der Waals surface area contributed by atoms with Crippen molar-refractivity contribution in [2.45, 2.75) is 34.5 Å². The molecular formula is C27H31B2N. The Bertz CT molecular complexity index is 973. The number of rotatable bonds is 4. The predicted octanol–water partition coefficient (Wildman–Crippen LogP) is 5.21. The summed E-state index contributed by atoms with van der Waals surface area (Å²) in [6, 6.07) is 4.63. The minimum atomic E-state index is -0.160. The fourth-order valence-corrected chi connectivity index (χ4v) is 4.38. The molecule has 0 fully saturated rings. The second-order valence-electron chi connectivity index (χ2n) is 7.80. The Labute approximate surface area is 183 Å². The standard InChI is InChI=1S/C27H31B2N/c1-6-10-20-14-16-22-19-27-23(18-26(22)28(5)24(20)12-8-3)17-15-21(11-7-2)25(13-9-4)29(27)30/h6-19H,30H2,1-5H3/b10-6-,11-7-,12-8-,13-9-. The average molecular weight is 391 g/mol. The lowest BCUT2D eigenvalue weighted by Crippen LogP contribution is -2.45. The SMILES string of the molecule is C/C=C\C1=C(/C=C\C)B(C)c2cc3c(cc2C=C1)B(N)C(/C=C\C)=C(/C=C\C)C=C3. The van der Waals surface area contributed by atoms with Crippen LogP contribution in [0, 0.1) is 0 Å². The Morgan fingerprint density at radius 1 is 0.633 bits per heavy atom. The van der Waals surface area contributed by atoms with Gasteiger partial charge in [0, 0.05) is 0 Å². The van der Waals surface area contributed by atoms with E-state index < -0.39 is 0 Å². The summed E-state index contributed by atoms with van der Waals surface area (Å²) >= 11 is 0. The lowest BCUT2D eigenvalue weighted by Gasteiger charge is -2.19. The summed E-state index contributed by atoms with van der Waals surface area (Å²) in [6.45, 7) is 10.7. The van der Waals surface area contributed by atoms with E-state index in [0.29, 0.717) is 6.71 Å². The highest BCUT2D eigenvalue weighted by Gasteiger charge is 2.27. The second-order valence-corrected chi connectivity index (χ2v) is 7.80. The first-order valence-corrected chi connectivity index (χ1v) is 10.8. The third-order valence-electron chi connectivity index (χ3n) is 5.83. The van der Waals surface area contributed by atoms with Crippen molar-refractivity contribution in [2.75, 3.05) is 0 Å². The number of hydrogen-bond donors (Lipinski definition) is 1. The molecule has 0 bridgehead atoms. The summed E-state index contributed by atoms with van der Waals surface area (Å²) in [5, 5.41) is 0. The van der Waals surface area contributed by atoms with E-state index in [1.54, 1.807) is 0 Å². The summed E-state index contributed by atoms with van der Waals surface area (Å²) in [7, 11) is 0. The van der Waals surface area contributed by atoms with Crippen LogP contribution in [-0.2, 0) is 0 Å². The van der Waals surface area contributed by atoms with Crippen molar-refractivity contribution in [1.29, 1.82) is 0 Å². The van der Waals surface area contributed by atoms with Crippen LogP contribution in [0.15, 0.2) is 95.0 Å². The Balaban J connectivity index is 2.21. The first kappa shape index (κ1) is 21.9. The maximum absolute atomic E-state index is 6.81. The molecule has 0 unspecified atom stereocenters. The van der Waals surface area contributed by atoms with Crippen LogP contribution in [-0.4, -0.2) is 13.6 Å². The van der Waals surface area contributed by atoms with E-state index in [9.17, 15) is 0 Å². The van der Waals surface area contributed by atoms with Crippen LogP contribution in [0.25, 0.3) is 12.2 Å². The summed E-state index contributed by atoms with van der Waals surface area (Å²) in [5.41, 5.74) is 16.7. The van der Waals surface area contributed by atoms with Gasteiger partial charge in [-0.05, 0) is 55.4 Å². The molecule has 30 heavy (non-hydrogen) atoms. The highest BCUT2D eigenvalue weighted by molar-refractivity contribution is 6.81. The van der Waals surface area contributed by atoms with Gasteiger partial charge in [0.25, 0.3) is 6.85 Å². The Kier molecular flexibility index (Phi) is 7.18. The minimum absolute atomic E-state index is 0.160. The Morgan fingerprint density at radius 2 is 1.10 bits per heavy atom. The van der Waals surface area contributed by atoms with E-state index >= 15 is 0 Å². The molecule has 0 atom stereocenters. The van der Waals surface area contributed by atoms with E-state index in [-0.39, 0.29) is 6.85 Å². The van der Waals surface area contributed by atoms with E-state index in [1.807, 2.05) is 13.8 Å². The maximum atomic E-state index is 6.81. The van der Waals surface area contributed by atoms with Gasteiger partial charge in [0.2, 0.25) is 6.71 Å². The first-order chi connectivity index (χ1) is 14.5. The van der Waals surface area contributed by atoms with Gasteiger partial charge in [0.05, 0.1) is 0 Å². The van der Waals surface area contributed by atoms with Crippen molar-refractivity contribution in [2.24, 2.45) is 5.64 Å². The van der Waals surface area contributed by atoms with Crippen molar-refractivity contribution in [3.8, 4) is 0 Å². The highest BCUT2D eigenvalue weighted by Crippen LogP contribution is 2.23. The van der Waals surface area contributed by atoms with Crippen molar-refractivity contribution in [1.82, 2.24) is 0 Å². The van der Waals surface area contributed by atoms with Crippen LogP contribution in [0.2, 0.25) is 6.82 Å². The zero-order valence-corrected chi connectivity index (χ0v) is 18.8. The molecule has 150 valence electrons. The van der Waals surface area contributed by atoms with Gasteiger partial charge >= 0.3 is 0 Å². The third kappa shape index (κ3) is 4.22. The molecule has 1 aromatic rings. The second kappa shape index (κ2) is 9.82. The van der Waals surface area contributed by atoms with Gasteiger partial charge in [-0.2, -0.15) is 0 Å². The fraction of sp³-hybridized carbons (Fsp3) is 0.185. The molecule has 2 aliphatic rings. The number of allylic oxidation sites excluding steroid dienone is 14. The van der Waals surface area contributed by atoms with Gasteiger partial charge in [0.15, 0.2) is 0 Å². The fourth-order valence-electron chi connectivity index (χ4n) is 4.38. The molecule has 2 N–H and O–H groups in total. The van der Waals surface area contributed by atoms with E-state index in [2.05, 4.69) is 106 Å². The lowest BCUT2D eigenvalue weighted by atomic mass is 9.40. The first-order valence-electron chi connectivity index (χ1n) is 10.8. The third-order valence-corrected chi connectivity index (χ3v) is 5.83. The number of hydrogen-bond acceptors (Lipinski definition) is 1. The van der Waals surface area contributed by atoms with Gasteiger partial charge in [-0.15, -0.1) is 0 Å². The topological polar surface area (TPSA) is 26.0 Å². The summed E-state index contributed by atoms with van der Waals surface area (Å²) in [6.07, 6.45) is 26.0. The molecule has 0 saturated carbocycles. The van der Waals surface area contributed by atoms with Crippen molar-refractivity contribution in [3.63, 3.8) is 0 Å². The van der Waals surface area contributed by atoms with E-state index in [4.69, 9.17) is 5.64 Å². The van der Waals surface area contributed by atoms with Crippen LogP contribution in [0.4, 0.5) is 0 Å². The molecule has 2 heterocycles. The molecule has 0 aromatic heterocycles. The van der Waals surface area contributed by atoms with Gasteiger partial charge in [-0.1, -0.05) is 108 Å². The quantitative estimate of drug-likeness (QED) is 0.702. The monoisotopic (exact) mass is 391 g/mol. The smallest absolute Gasteiger partial charge is 0.287 e. The van der Waals surface area contributed by atoms with E-state index in [0.717, 1.165) is 5.47 Å². The summed E-state index contributed by atoms with van der Waals surface area (Å²) in [5.74, 6) is 0. The normalized spacial score (nSPS) is 17.1. The van der Waals surface area contributed by atoms with Crippen LogP contribution in [0.5, 0.6) is 0 Å². The van der Waals surface area contributed by atoms with Crippen LogP contribution in [0.3, 0.4) is 0 Å². The Morgan fingerprint density at radius 3 is 1.67 bits per heavy atom. The molecule has 0 aliphatic carbocycles. The molecule has 0 radical (unpaired) electrons. The van der Waals surface area contributed by atoms with Gasteiger partial charge < -0.3 is 5.64 Å². The molecule has 1 aromatic carbocycles. The molecule has 0 saturated heterocycles. The van der Waals surface area contributed by atoms with E-state index in [1.165, 1.54) is 38.7 Å². The molecule has 2 aliphatic heterocycles. The van der Waals surface area contributed by atoms with Crippen LogP contribution < -0.4 is 16.6 Å². The van der Waals surface area contributed by atoms with Crippen molar-refractivity contribution < 1.29 is 0 Å². The zero-order valence-electron chi connectivity index (χ0n) is 18.8. The minimum Gasteiger partial charge on any atom is -0.362 e. The number of benzene rings is 1. The maximum Gasteiger partial charge on any atom is 0.287 e. The molecule has 1 nitrogen and oxygen atoms in total. The van der Waals surface area contributed by atoms with Crippen LogP contribution in [0.1, 0.15) is 38.8 Å².